The number of ether oxygens (including phenoxy) is 2. The summed E-state index contributed by atoms with van der Waals surface area (Å²) in [6, 6.07) is 2.14. The Kier molecular flexibility index (Phi) is 5.35. The summed E-state index contributed by atoms with van der Waals surface area (Å²) < 4.78 is 13.2. The predicted molar refractivity (Wildman–Crippen MR) is 106 cm³/mol. The van der Waals surface area contributed by atoms with E-state index < -0.39 is 0 Å². The number of hydrogen-bond donors (Lipinski definition) is 0. The highest BCUT2D eigenvalue weighted by atomic mass is 35.5. The van der Waals surface area contributed by atoms with Gasteiger partial charge in [0, 0.05) is 24.0 Å². The van der Waals surface area contributed by atoms with Crippen LogP contribution in [0.15, 0.2) is 30.4 Å². The molecule has 0 amide bonds. The maximum Gasteiger partial charge on any atom is 0.166 e. The Morgan fingerprint density at radius 1 is 1.48 bits per heavy atom. The minimum atomic E-state index is -0.0829. The van der Waals surface area contributed by atoms with Crippen molar-refractivity contribution in [3.05, 3.63) is 47.1 Å². The molecular formula is C22H29Cl2NO2. The maximum absolute atomic E-state index is 6.49. The normalized spacial score (nSPS) is 33.2. The Hall–Kier alpha value is -1.16. The Morgan fingerprint density at radius 3 is 2.89 bits per heavy atom. The van der Waals surface area contributed by atoms with E-state index in [1.165, 1.54) is 22.3 Å². The molecule has 5 heteroatoms. The van der Waals surface area contributed by atoms with E-state index in [4.69, 9.17) is 21.1 Å². The van der Waals surface area contributed by atoms with Gasteiger partial charge >= 0.3 is 0 Å². The Morgan fingerprint density at radius 2 is 2.22 bits per heavy atom. The molecule has 1 aromatic rings. The molecule has 4 atom stereocenters. The Labute approximate surface area is 174 Å². The fourth-order valence-electron chi connectivity index (χ4n) is 5.26. The fraction of sp³-hybridized carbons (Fsp3) is 0.545. The van der Waals surface area contributed by atoms with Crippen LogP contribution in [0.1, 0.15) is 36.5 Å². The van der Waals surface area contributed by atoms with Crippen LogP contribution in [-0.4, -0.2) is 43.2 Å². The molecule has 148 valence electrons. The largest absolute Gasteiger partial charge is 1.00 e. The first kappa shape index (κ1) is 20.6. The summed E-state index contributed by atoms with van der Waals surface area (Å²) >= 11 is 6.46. The van der Waals surface area contributed by atoms with E-state index in [0.717, 1.165) is 48.5 Å². The molecule has 0 radical (unpaired) electrons. The fourth-order valence-corrected chi connectivity index (χ4v) is 5.49. The summed E-state index contributed by atoms with van der Waals surface area (Å²) in [7, 11) is 4.09. The van der Waals surface area contributed by atoms with Gasteiger partial charge < -0.3 is 26.4 Å². The van der Waals surface area contributed by atoms with Crippen molar-refractivity contribution in [1.82, 2.24) is 0 Å². The van der Waals surface area contributed by atoms with Gasteiger partial charge in [0.2, 0.25) is 0 Å². The first-order valence-corrected chi connectivity index (χ1v) is 9.90. The molecule has 1 aliphatic carbocycles. The van der Waals surface area contributed by atoms with Crippen LogP contribution in [0.3, 0.4) is 0 Å². The van der Waals surface area contributed by atoms with E-state index in [1.54, 1.807) is 7.11 Å². The second-order valence-corrected chi connectivity index (χ2v) is 9.26. The molecule has 0 saturated heterocycles. The number of alkyl halides is 1. The molecule has 4 unspecified atom stereocenters. The molecule has 0 aromatic heterocycles. The van der Waals surface area contributed by atoms with Crippen LogP contribution in [-0.2, 0) is 12.0 Å². The summed E-state index contributed by atoms with van der Waals surface area (Å²) in [6.07, 6.45) is 6.51. The predicted octanol–water partition coefficient (Wildman–Crippen LogP) is 1.50. The van der Waals surface area contributed by atoms with Crippen LogP contribution in [0.4, 0.5) is 0 Å². The minimum absolute atomic E-state index is 0. The number of methoxy groups -OCH3 is 1. The van der Waals surface area contributed by atoms with Crippen molar-refractivity contribution in [2.45, 2.75) is 50.1 Å². The van der Waals surface area contributed by atoms with Crippen molar-refractivity contribution < 1.29 is 26.4 Å². The van der Waals surface area contributed by atoms with Gasteiger partial charge in [-0.05, 0) is 31.1 Å². The van der Waals surface area contributed by atoms with Gasteiger partial charge in [-0.3, -0.25) is 0 Å². The molecule has 2 aliphatic heterocycles. The van der Waals surface area contributed by atoms with Gasteiger partial charge in [0.05, 0.1) is 38.0 Å². The summed E-state index contributed by atoms with van der Waals surface area (Å²) in [5.41, 5.74) is 5.21. The number of allylic oxidation sites excluding steroid dienone is 1. The average molecular weight is 410 g/mol. The standard InChI is InChI=1S/C22H29ClNO2.ClH/c1-14(2)12-24(4)9-8-22-7-6-16(23)11-19(22)26-21-18(25-5)10-15(3)17(13-24)20(21)22;/h6-7,10,16,19H,1,8-9,11-13H2,2-5H3;1H/q+1;/p-1. The number of rotatable bonds is 3. The molecule has 0 bridgehead atoms. The van der Waals surface area contributed by atoms with Crippen LogP contribution in [0.5, 0.6) is 11.5 Å². The number of likely N-dealkylation sites (N-methyl/N-ethyl adjacent to an activating group) is 1. The third-order valence-corrected chi connectivity index (χ3v) is 6.72. The van der Waals surface area contributed by atoms with Gasteiger partial charge in [-0.2, -0.15) is 0 Å². The van der Waals surface area contributed by atoms with Crippen molar-refractivity contribution in [3.63, 3.8) is 0 Å². The van der Waals surface area contributed by atoms with Crippen molar-refractivity contribution in [1.29, 1.82) is 0 Å². The van der Waals surface area contributed by atoms with Gasteiger partial charge in [0.1, 0.15) is 12.6 Å². The molecular weight excluding hydrogens is 381 g/mol. The lowest BCUT2D eigenvalue weighted by atomic mass is 9.69. The second kappa shape index (κ2) is 7.02. The second-order valence-electron chi connectivity index (χ2n) is 8.70. The first-order chi connectivity index (χ1) is 12.3. The number of halogens is 2. The highest BCUT2D eigenvalue weighted by Crippen LogP contribution is 2.57. The molecule has 0 fully saturated rings. The van der Waals surface area contributed by atoms with E-state index in [2.05, 4.69) is 45.7 Å². The molecule has 3 aliphatic rings. The number of hydrogen-bond acceptors (Lipinski definition) is 2. The van der Waals surface area contributed by atoms with Crippen LogP contribution in [0.25, 0.3) is 0 Å². The zero-order chi connectivity index (χ0) is 18.7. The number of nitrogens with zero attached hydrogens (tertiary/aromatic N) is 1. The van der Waals surface area contributed by atoms with Gasteiger partial charge in [0.25, 0.3) is 0 Å². The average Bonchev–Trinajstić information content (AvgIpc) is 2.82. The first-order valence-electron chi connectivity index (χ1n) is 9.47. The highest BCUT2D eigenvalue weighted by molar-refractivity contribution is 6.21. The quantitative estimate of drug-likeness (QED) is 0.427. The third kappa shape index (κ3) is 3.18. The molecule has 2 heterocycles. The van der Waals surface area contributed by atoms with E-state index in [-0.39, 0.29) is 29.3 Å². The Bertz CT molecular complexity index is 806. The van der Waals surface area contributed by atoms with E-state index in [0.29, 0.717) is 0 Å². The molecule has 0 N–H and O–H groups in total. The molecule has 27 heavy (non-hydrogen) atoms. The number of benzene rings is 1. The van der Waals surface area contributed by atoms with Crippen LogP contribution in [0, 0.1) is 6.92 Å². The monoisotopic (exact) mass is 409 g/mol. The van der Waals surface area contributed by atoms with Gasteiger partial charge in [-0.25, -0.2) is 0 Å². The summed E-state index contributed by atoms with van der Waals surface area (Å²) in [5, 5.41) is 0.0371. The van der Waals surface area contributed by atoms with Crippen molar-refractivity contribution in [3.8, 4) is 11.5 Å². The molecule has 0 saturated carbocycles. The van der Waals surface area contributed by atoms with Crippen LogP contribution in [0.2, 0.25) is 0 Å². The third-order valence-electron chi connectivity index (χ3n) is 6.39. The topological polar surface area (TPSA) is 18.5 Å². The minimum Gasteiger partial charge on any atom is -1.00 e. The van der Waals surface area contributed by atoms with Gasteiger partial charge in [-0.1, -0.05) is 18.7 Å². The lowest BCUT2D eigenvalue weighted by Gasteiger charge is -2.37. The molecule has 1 aromatic carbocycles. The van der Waals surface area contributed by atoms with E-state index in [1.807, 2.05) is 0 Å². The van der Waals surface area contributed by atoms with E-state index >= 15 is 0 Å². The zero-order valence-corrected chi connectivity index (χ0v) is 18.2. The van der Waals surface area contributed by atoms with Crippen LogP contribution < -0.4 is 21.9 Å². The van der Waals surface area contributed by atoms with Crippen molar-refractivity contribution in [2.75, 3.05) is 27.2 Å². The molecule has 3 nitrogen and oxygen atoms in total. The zero-order valence-electron chi connectivity index (χ0n) is 16.6. The van der Waals surface area contributed by atoms with Gasteiger partial charge in [0.15, 0.2) is 11.5 Å². The number of quaternary nitrogens is 1. The lowest BCUT2D eigenvalue weighted by molar-refractivity contribution is -0.918. The summed E-state index contributed by atoms with van der Waals surface area (Å²) in [4.78, 5) is 0. The maximum atomic E-state index is 6.49. The van der Waals surface area contributed by atoms with E-state index in [9.17, 15) is 0 Å². The summed E-state index contributed by atoms with van der Waals surface area (Å²) in [5.74, 6) is 1.79. The summed E-state index contributed by atoms with van der Waals surface area (Å²) in [6.45, 7) is 11.6. The SMILES string of the molecule is C=C(C)C[N+]1(C)CCC23C=CC(Cl)CC2Oc2c(OC)cc(C)c(c23)C1.[Cl-]. The molecule has 1 spiro atoms. The highest BCUT2D eigenvalue weighted by Gasteiger charge is 2.55. The smallest absolute Gasteiger partial charge is 0.166 e. The number of aryl methyl sites for hydroxylation is 1. The van der Waals surface area contributed by atoms with Crippen LogP contribution >= 0.6 is 11.6 Å². The lowest BCUT2D eigenvalue weighted by Crippen LogP contribution is -3.00. The van der Waals surface area contributed by atoms with Crippen molar-refractivity contribution in [2.24, 2.45) is 0 Å². The van der Waals surface area contributed by atoms with Crippen molar-refractivity contribution >= 4 is 11.6 Å². The molecule has 4 rings (SSSR count). The Balaban J connectivity index is 0.00000210. The van der Waals surface area contributed by atoms with Gasteiger partial charge in [-0.15, -0.1) is 11.6 Å².